The van der Waals surface area contributed by atoms with Gasteiger partial charge in [0.25, 0.3) is 0 Å². The van der Waals surface area contributed by atoms with Gasteiger partial charge in [-0.1, -0.05) is 25.5 Å². The standard InChI is InChI=1S/C19H27NO5/c1-3-4-13-25-19(23)20-11-9-16(17(21)10-12-20)14-5-7-15(8-6-14)18(22)24-2/h5-8,16-17,21H,3-4,9-13H2,1-2H3/t16-,17-/m0/s1. The monoisotopic (exact) mass is 349 g/mol. The van der Waals surface area contributed by atoms with E-state index in [9.17, 15) is 14.7 Å². The van der Waals surface area contributed by atoms with E-state index in [1.54, 1.807) is 17.0 Å². The van der Waals surface area contributed by atoms with Gasteiger partial charge in [0, 0.05) is 19.0 Å². The van der Waals surface area contributed by atoms with Crippen molar-refractivity contribution in [3.8, 4) is 0 Å². The average Bonchev–Trinajstić information content (AvgIpc) is 2.83. The van der Waals surface area contributed by atoms with Crippen LogP contribution in [0.1, 0.15) is 54.4 Å². The summed E-state index contributed by atoms with van der Waals surface area (Å²) in [4.78, 5) is 25.3. The van der Waals surface area contributed by atoms with Gasteiger partial charge in [-0.25, -0.2) is 9.59 Å². The van der Waals surface area contributed by atoms with Crippen LogP contribution >= 0.6 is 0 Å². The molecule has 0 radical (unpaired) electrons. The Morgan fingerprint density at radius 1 is 1.20 bits per heavy atom. The molecule has 1 aromatic rings. The number of nitrogens with zero attached hydrogens (tertiary/aromatic N) is 1. The maximum atomic E-state index is 12.1. The molecule has 1 aliphatic rings. The normalized spacial score (nSPS) is 20.7. The van der Waals surface area contributed by atoms with Crippen LogP contribution in [0.3, 0.4) is 0 Å². The quantitative estimate of drug-likeness (QED) is 0.653. The van der Waals surface area contributed by atoms with Gasteiger partial charge in [-0.3, -0.25) is 0 Å². The number of esters is 1. The van der Waals surface area contributed by atoms with Gasteiger partial charge in [0.2, 0.25) is 0 Å². The van der Waals surface area contributed by atoms with Crippen LogP contribution in [-0.4, -0.2) is 55.0 Å². The number of aliphatic hydroxyl groups excluding tert-OH is 1. The Bertz CT molecular complexity index is 572. The lowest BCUT2D eigenvalue weighted by atomic mass is 9.89. The zero-order valence-electron chi connectivity index (χ0n) is 14.9. The molecule has 0 aromatic heterocycles. The molecule has 138 valence electrons. The van der Waals surface area contributed by atoms with Crippen LogP contribution in [0, 0.1) is 0 Å². The summed E-state index contributed by atoms with van der Waals surface area (Å²) in [6.07, 6.45) is 2.17. The molecule has 1 amide bonds. The second kappa shape index (κ2) is 9.42. The van der Waals surface area contributed by atoms with Crippen LogP contribution in [0.4, 0.5) is 4.79 Å². The lowest BCUT2D eigenvalue weighted by Crippen LogP contribution is -2.33. The summed E-state index contributed by atoms with van der Waals surface area (Å²) in [5.74, 6) is -0.450. The maximum Gasteiger partial charge on any atom is 0.409 e. The van der Waals surface area contributed by atoms with Crippen molar-refractivity contribution >= 4 is 12.1 Å². The number of hydrogen-bond acceptors (Lipinski definition) is 5. The smallest absolute Gasteiger partial charge is 0.409 e. The van der Waals surface area contributed by atoms with Crippen molar-refractivity contribution in [3.05, 3.63) is 35.4 Å². The zero-order valence-corrected chi connectivity index (χ0v) is 14.9. The number of methoxy groups -OCH3 is 1. The van der Waals surface area contributed by atoms with E-state index in [0.717, 1.165) is 18.4 Å². The molecular formula is C19H27NO5. The first kappa shape index (κ1) is 19.2. The van der Waals surface area contributed by atoms with E-state index >= 15 is 0 Å². The first-order chi connectivity index (χ1) is 12.1. The van der Waals surface area contributed by atoms with Gasteiger partial charge in [-0.15, -0.1) is 0 Å². The predicted octanol–water partition coefficient (Wildman–Crippen LogP) is 2.95. The molecule has 0 spiro atoms. The summed E-state index contributed by atoms with van der Waals surface area (Å²) < 4.78 is 9.96. The van der Waals surface area contributed by atoms with Gasteiger partial charge >= 0.3 is 12.1 Å². The Morgan fingerprint density at radius 2 is 1.88 bits per heavy atom. The van der Waals surface area contributed by atoms with Crippen molar-refractivity contribution in [1.29, 1.82) is 0 Å². The highest BCUT2D eigenvalue weighted by atomic mass is 16.6. The van der Waals surface area contributed by atoms with Gasteiger partial charge in [-0.2, -0.15) is 0 Å². The van der Waals surface area contributed by atoms with Crippen LogP contribution in [0.2, 0.25) is 0 Å². The Labute approximate surface area is 148 Å². The largest absolute Gasteiger partial charge is 0.465 e. The van der Waals surface area contributed by atoms with Crippen LogP contribution < -0.4 is 0 Å². The molecule has 0 bridgehead atoms. The summed E-state index contributed by atoms with van der Waals surface area (Å²) >= 11 is 0. The molecule has 1 N–H and O–H groups in total. The van der Waals surface area contributed by atoms with Crippen LogP contribution in [-0.2, 0) is 9.47 Å². The number of carbonyl (C=O) groups excluding carboxylic acids is 2. The Hall–Kier alpha value is -2.08. The molecule has 1 aromatic carbocycles. The number of amides is 1. The average molecular weight is 349 g/mol. The van der Waals surface area contributed by atoms with E-state index in [1.165, 1.54) is 7.11 Å². The third-order valence-electron chi connectivity index (χ3n) is 4.61. The van der Waals surface area contributed by atoms with Gasteiger partial charge < -0.3 is 19.5 Å². The minimum absolute atomic E-state index is 0.0693. The number of rotatable bonds is 5. The Balaban J connectivity index is 1.98. The van der Waals surface area contributed by atoms with E-state index in [0.29, 0.717) is 38.1 Å². The van der Waals surface area contributed by atoms with Crippen LogP contribution in [0.5, 0.6) is 0 Å². The molecule has 1 saturated heterocycles. The number of carbonyl (C=O) groups is 2. The van der Waals surface area contributed by atoms with E-state index in [-0.39, 0.29) is 18.0 Å². The van der Waals surface area contributed by atoms with Crippen molar-refractivity contribution in [2.24, 2.45) is 0 Å². The molecule has 1 aliphatic heterocycles. The number of benzene rings is 1. The number of ether oxygens (including phenoxy) is 2. The van der Waals surface area contributed by atoms with Crippen molar-refractivity contribution in [1.82, 2.24) is 4.90 Å². The lowest BCUT2D eigenvalue weighted by Gasteiger charge is -2.20. The number of aliphatic hydroxyl groups is 1. The minimum atomic E-state index is -0.530. The molecule has 0 saturated carbocycles. The van der Waals surface area contributed by atoms with Crippen molar-refractivity contribution in [3.63, 3.8) is 0 Å². The van der Waals surface area contributed by atoms with Crippen LogP contribution in [0.25, 0.3) is 0 Å². The fraction of sp³-hybridized carbons (Fsp3) is 0.579. The minimum Gasteiger partial charge on any atom is -0.465 e. The Kier molecular flexibility index (Phi) is 7.25. The number of likely N-dealkylation sites (tertiary alicyclic amines) is 1. The number of unbranched alkanes of at least 4 members (excludes halogenated alkanes) is 1. The summed E-state index contributed by atoms with van der Waals surface area (Å²) in [6, 6.07) is 7.09. The van der Waals surface area contributed by atoms with Gasteiger partial charge in [0.05, 0.1) is 25.4 Å². The lowest BCUT2D eigenvalue weighted by molar-refractivity contribution is 0.0600. The van der Waals surface area contributed by atoms with E-state index in [1.807, 2.05) is 19.1 Å². The van der Waals surface area contributed by atoms with E-state index < -0.39 is 6.10 Å². The van der Waals surface area contributed by atoms with Crippen molar-refractivity contribution in [2.75, 3.05) is 26.8 Å². The third kappa shape index (κ3) is 5.19. The molecule has 1 heterocycles. The van der Waals surface area contributed by atoms with Crippen molar-refractivity contribution in [2.45, 2.75) is 44.6 Å². The second-order valence-electron chi connectivity index (χ2n) is 6.32. The molecule has 6 nitrogen and oxygen atoms in total. The molecule has 1 fully saturated rings. The molecule has 2 rings (SSSR count). The molecule has 0 unspecified atom stereocenters. The zero-order chi connectivity index (χ0) is 18.2. The predicted molar refractivity (Wildman–Crippen MR) is 93.6 cm³/mol. The van der Waals surface area contributed by atoms with Gasteiger partial charge in [-0.05, 0) is 37.0 Å². The first-order valence-corrected chi connectivity index (χ1v) is 8.84. The summed E-state index contributed by atoms with van der Waals surface area (Å²) in [6.45, 7) is 3.52. The molecule has 2 atom stereocenters. The highest BCUT2D eigenvalue weighted by Gasteiger charge is 2.28. The highest BCUT2D eigenvalue weighted by molar-refractivity contribution is 5.89. The fourth-order valence-electron chi connectivity index (χ4n) is 3.04. The summed E-state index contributed by atoms with van der Waals surface area (Å²) in [5.41, 5.74) is 1.44. The van der Waals surface area contributed by atoms with Gasteiger partial charge in [0.1, 0.15) is 0 Å². The van der Waals surface area contributed by atoms with Gasteiger partial charge in [0.15, 0.2) is 0 Å². The Morgan fingerprint density at radius 3 is 2.52 bits per heavy atom. The fourth-order valence-corrected chi connectivity index (χ4v) is 3.04. The number of hydrogen-bond donors (Lipinski definition) is 1. The topological polar surface area (TPSA) is 76.1 Å². The van der Waals surface area contributed by atoms with Crippen LogP contribution in [0.15, 0.2) is 24.3 Å². The van der Waals surface area contributed by atoms with Crippen molar-refractivity contribution < 1.29 is 24.2 Å². The highest BCUT2D eigenvalue weighted by Crippen LogP contribution is 2.29. The maximum absolute atomic E-state index is 12.1. The first-order valence-electron chi connectivity index (χ1n) is 8.84. The summed E-state index contributed by atoms with van der Waals surface area (Å²) in [7, 11) is 1.35. The second-order valence-corrected chi connectivity index (χ2v) is 6.32. The molecular weight excluding hydrogens is 322 g/mol. The van der Waals surface area contributed by atoms with E-state index in [2.05, 4.69) is 0 Å². The van der Waals surface area contributed by atoms with E-state index in [4.69, 9.17) is 9.47 Å². The third-order valence-corrected chi connectivity index (χ3v) is 4.61. The molecule has 0 aliphatic carbocycles. The molecule has 25 heavy (non-hydrogen) atoms. The SMILES string of the molecule is CCCCOC(=O)N1CC[C@H](O)[C@H](c2ccc(C(=O)OC)cc2)CC1. The molecule has 6 heteroatoms. The summed E-state index contributed by atoms with van der Waals surface area (Å²) in [5, 5.41) is 10.5.